The van der Waals surface area contributed by atoms with Crippen LogP contribution in [0.4, 0.5) is 5.13 Å². The molecule has 0 radical (unpaired) electrons. The Labute approximate surface area is 171 Å². The predicted molar refractivity (Wildman–Crippen MR) is 116 cm³/mol. The second kappa shape index (κ2) is 8.12. The smallest absolute Gasteiger partial charge is 0.257 e. The summed E-state index contributed by atoms with van der Waals surface area (Å²) in [5.74, 6) is 3.98. The topological polar surface area (TPSA) is 55.1 Å². The molecule has 1 aliphatic heterocycles. The molecule has 1 aliphatic rings. The van der Waals surface area contributed by atoms with E-state index in [0.717, 1.165) is 22.8 Å². The molecule has 0 bridgehead atoms. The van der Waals surface area contributed by atoms with E-state index >= 15 is 0 Å². The van der Waals surface area contributed by atoms with E-state index in [9.17, 15) is 4.79 Å². The number of nitrogens with zero attached hydrogens (tertiary/aromatic N) is 1. The van der Waals surface area contributed by atoms with E-state index in [1.165, 1.54) is 34.8 Å². The summed E-state index contributed by atoms with van der Waals surface area (Å²) in [6, 6.07) is 9.90. The van der Waals surface area contributed by atoms with Gasteiger partial charge < -0.3 is 4.42 Å². The van der Waals surface area contributed by atoms with Crippen molar-refractivity contribution in [1.29, 1.82) is 0 Å². The van der Waals surface area contributed by atoms with Crippen molar-refractivity contribution in [2.75, 3.05) is 16.8 Å². The van der Waals surface area contributed by atoms with Gasteiger partial charge in [-0.3, -0.25) is 10.1 Å². The van der Waals surface area contributed by atoms with E-state index in [4.69, 9.17) is 4.42 Å². The van der Waals surface area contributed by atoms with Crippen molar-refractivity contribution in [1.82, 2.24) is 4.98 Å². The Bertz CT molecular complexity index is 941. The molecule has 7 heteroatoms. The number of nitrogens with one attached hydrogen (secondary N) is 1. The summed E-state index contributed by atoms with van der Waals surface area (Å²) in [4.78, 5) is 17.1. The summed E-state index contributed by atoms with van der Waals surface area (Å²) in [6.07, 6.45) is 1.28. The van der Waals surface area contributed by atoms with Crippen LogP contribution in [-0.2, 0) is 0 Å². The van der Waals surface area contributed by atoms with E-state index in [1.807, 2.05) is 61.0 Å². The number of amides is 1. The number of rotatable bonds is 4. The minimum Gasteiger partial charge on any atom is -0.466 e. The lowest BCUT2D eigenvalue weighted by atomic mass is 10.1. The molecule has 1 saturated heterocycles. The van der Waals surface area contributed by atoms with E-state index in [2.05, 4.69) is 22.4 Å². The first kappa shape index (κ1) is 18.7. The largest absolute Gasteiger partial charge is 0.466 e. The lowest BCUT2D eigenvalue weighted by Gasteiger charge is -2.21. The molecule has 0 saturated carbocycles. The number of anilines is 1. The number of benzene rings is 1. The van der Waals surface area contributed by atoms with E-state index < -0.39 is 0 Å². The highest BCUT2D eigenvalue weighted by Crippen LogP contribution is 2.43. The van der Waals surface area contributed by atoms with Gasteiger partial charge in [0.25, 0.3) is 5.91 Å². The highest BCUT2D eigenvalue weighted by atomic mass is 32.2. The number of thiazole rings is 1. The van der Waals surface area contributed by atoms with Gasteiger partial charge in [0, 0.05) is 16.5 Å². The van der Waals surface area contributed by atoms with Gasteiger partial charge in [-0.2, -0.15) is 0 Å². The number of hydrogen-bond donors (Lipinski definition) is 1. The molecule has 3 heterocycles. The number of hydrogen-bond acceptors (Lipinski definition) is 6. The zero-order valence-corrected chi connectivity index (χ0v) is 17.6. The van der Waals surface area contributed by atoms with Crippen molar-refractivity contribution in [2.45, 2.75) is 24.9 Å². The fraction of sp³-hybridized carbons (Fsp3) is 0.300. The maximum absolute atomic E-state index is 12.5. The van der Waals surface area contributed by atoms with Crippen LogP contribution in [0.2, 0.25) is 0 Å². The molecule has 4 rings (SSSR count). The minimum atomic E-state index is -0.133. The summed E-state index contributed by atoms with van der Waals surface area (Å²) in [5.41, 5.74) is 3.72. The third-order valence-electron chi connectivity index (χ3n) is 4.31. The Morgan fingerprint density at radius 3 is 2.59 bits per heavy atom. The van der Waals surface area contributed by atoms with Crippen LogP contribution in [0.3, 0.4) is 0 Å². The number of carbonyl (C=O) groups excluding carboxylic acids is 1. The first-order valence-corrected chi connectivity index (χ1v) is 11.8. The Kier molecular flexibility index (Phi) is 5.61. The summed E-state index contributed by atoms with van der Waals surface area (Å²) < 4.78 is 6.05. The van der Waals surface area contributed by atoms with Gasteiger partial charge in [-0.1, -0.05) is 12.1 Å². The van der Waals surface area contributed by atoms with Gasteiger partial charge in [-0.05, 0) is 55.5 Å². The van der Waals surface area contributed by atoms with E-state index in [-0.39, 0.29) is 5.91 Å². The molecule has 2 aromatic heterocycles. The molecular weight excluding hydrogens is 396 g/mol. The summed E-state index contributed by atoms with van der Waals surface area (Å²) in [7, 11) is 0. The predicted octanol–water partition coefficient (Wildman–Crippen LogP) is 6.14. The zero-order valence-electron chi connectivity index (χ0n) is 15.2. The second-order valence-electron chi connectivity index (χ2n) is 6.37. The molecule has 27 heavy (non-hydrogen) atoms. The Balaban J connectivity index is 1.44. The summed E-state index contributed by atoms with van der Waals surface area (Å²) in [6.45, 7) is 3.84. The number of carbonyl (C=O) groups is 1. The molecule has 3 aromatic rings. The van der Waals surface area contributed by atoms with Crippen LogP contribution in [0, 0.1) is 13.8 Å². The van der Waals surface area contributed by atoms with Gasteiger partial charge in [0.15, 0.2) is 5.13 Å². The molecule has 0 unspecified atom stereocenters. The SMILES string of the molecule is Cc1cc(-c2csc(NC(=O)c3ccc(C4SCCCS4)cc3)n2)c(C)o1. The van der Waals surface area contributed by atoms with Crippen molar-refractivity contribution in [3.8, 4) is 11.3 Å². The fourth-order valence-corrected chi connectivity index (χ4v) is 6.58. The minimum absolute atomic E-state index is 0.133. The summed E-state index contributed by atoms with van der Waals surface area (Å²) in [5, 5.41) is 5.43. The third kappa shape index (κ3) is 4.25. The van der Waals surface area contributed by atoms with Crippen LogP contribution in [0.5, 0.6) is 0 Å². The van der Waals surface area contributed by atoms with E-state index in [1.54, 1.807) is 0 Å². The van der Waals surface area contributed by atoms with Crippen LogP contribution in [0.25, 0.3) is 11.3 Å². The first-order valence-electron chi connectivity index (χ1n) is 8.77. The van der Waals surface area contributed by atoms with Crippen LogP contribution in [0.15, 0.2) is 40.1 Å². The van der Waals surface area contributed by atoms with E-state index in [0.29, 0.717) is 15.3 Å². The highest BCUT2D eigenvalue weighted by Gasteiger charge is 2.17. The first-order chi connectivity index (χ1) is 13.1. The lowest BCUT2D eigenvalue weighted by Crippen LogP contribution is -2.11. The van der Waals surface area contributed by atoms with Gasteiger partial charge in [0.1, 0.15) is 11.5 Å². The van der Waals surface area contributed by atoms with Gasteiger partial charge in [0.05, 0.1) is 10.3 Å². The van der Waals surface area contributed by atoms with Crippen LogP contribution in [-0.4, -0.2) is 22.4 Å². The average molecular weight is 417 g/mol. The zero-order chi connectivity index (χ0) is 18.8. The maximum atomic E-state index is 12.5. The molecule has 0 spiro atoms. The maximum Gasteiger partial charge on any atom is 0.257 e. The van der Waals surface area contributed by atoms with Gasteiger partial charge >= 0.3 is 0 Å². The molecule has 0 atom stereocenters. The Hall–Kier alpha value is -1.70. The molecule has 4 nitrogen and oxygen atoms in total. The van der Waals surface area contributed by atoms with Crippen molar-refractivity contribution >= 4 is 45.9 Å². The molecule has 1 aromatic carbocycles. The van der Waals surface area contributed by atoms with Crippen LogP contribution in [0.1, 0.15) is 38.4 Å². The van der Waals surface area contributed by atoms with Gasteiger partial charge in [0.2, 0.25) is 0 Å². The van der Waals surface area contributed by atoms with Crippen LogP contribution < -0.4 is 5.32 Å². The Morgan fingerprint density at radius 2 is 1.93 bits per heavy atom. The molecule has 1 N–H and O–H groups in total. The lowest BCUT2D eigenvalue weighted by molar-refractivity contribution is 0.102. The van der Waals surface area contributed by atoms with Crippen molar-refractivity contribution in [3.63, 3.8) is 0 Å². The molecule has 1 amide bonds. The van der Waals surface area contributed by atoms with Crippen molar-refractivity contribution in [2.24, 2.45) is 0 Å². The van der Waals surface area contributed by atoms with Gasteiger partial charge in [-0.15, -0.1) is 34.9 Å². The molecule has 1 fully saturated rings. The average Bonchev–Trinajstić information content (AvgIpc) is 3.28. The normalized spacial score (nSPS) is 15.0. The monoisotopic (exact) mass is 416 g/mol. The third-order valence-corrected chi connectivity index (χ3v) is 8.09. The van der Waals surface area contributed by atoms with Gasteiger partial charge in [-0.25, -0.2) is 4.98 Å². The fourth-order valence-electron chi connectivity index (χ4n) is 2.98. The molecule has 0 aliphatic carbocycles. The standard InChI is InChI=1S/C20H20N2O2S3/c1-12-10-16(13(2)24-12)17-11-27-20(21-17)22-18(23)14-4-6-15(7-5-14)19-25-8-3-9-26-19/h4-7,10-11,19H,3,8-9H2,1-2H3,(H,21,22,23). The highest BCUT2D eigenvalue weighted by molar-refractivity contribution is 8.16. The number of aromatic nitrogens is 1. The Morgan fingerprint density at radius 1 is 1.19 bits per heavy atom. The molecular formula is C20H20N2O2S3. The summed E-state index contributed by atoms with van der Waals surface area (Å²) >= 11 is 5.39. The number of thioether (sulfide) groups is 2. The number of furan rings is 1. The van der Waals surface area contributed by atoms with Crippen molar-refractivity contribution < 1.29 is 9.21 Å². The second-order valence-corrected chi connectivity index (χ2v) is 9.95. The van der Waals surface area contributed by atoms with Crippen LogP contribution >= 0.6 is 34.9 Å². The number of aryl methyl sites for hydroxylation is 2. The van der Waals surface area contributed by atoms with Crippen molar-refractivity contribution in [3.05, 3.63) is 58.4 Å². The quantitative estimate of drug-likeness (QED) is 0.553. The molecule has 140 valence electrons.